The standard InChI is InChI=1S/C27H20ClFN4OS/c1-2-21(22-10-9-20(29)14-23(22)28)26(18-8-11-24-19(13-18)15-30-32-24)17-6-3-16(4-7-17)5-12-25-31-27(34)35-33-25/h3-15H,2H2,1H3,(H,30,32)(H,31,33,34). The molecular weight excluding hydrogens is 483 g/mol. The van der Waals surface area contributed by atoms with Crippen molar-refractivity contribution in [2.45, 2.75) is 13.3 Å². The van der Waals surface area contributed by atoms with Gasteiger partial charge in [0.2, 0.25) is 0 Å². The van der Waals surface area contributed by atoms with Gasteiger partial charge in [-0.15, -0.1) is 0 Å². The minimum atomic E-state index is -0.367. The molecule has 2 N–H and O–H groups in total. The second kappa shape index (κ2) is 9.82. The van der Waals surface area contributed by atoms with Gasteiger partial charge < -0.3 is 0 Å². The SMILES string of the molecule is CCC(=C(c1ccc(C=Cc2nsc(=O)[nH]2)cc1)c1ccc2[nH]ncc2c1)c1ccc(F)cc1Cl. The molecule has 2 aromatic heterocycles. The number of benzene rings is 3. The maximum atomic E-state index is 13.8. The molecule has 5 nitrogen and oxygen atoms in total. The quantitative estimate of drug-likeness (QED) is 0.244. The van der Waals surface area contributed by atoms with E-state index in [0.717, 1.165) is 55.8 Å². The molecule has 5 rings (SSSR count). The Hall–Kier alpha value is -3.81. The first kappa shape index (κ1) is 23.0. The fraction of sp³-hybridized carbons (Fsp3) is 0.0741. The first-order valence-electron chi connectivity index (χ1n) is 11.0. The zero-order chi connectivity index (χ0) is 24.4. The maximum absolute atomic E-state index is 13.8. The summed E-state index contributed by atoms with van der Waals surface area (Å²) in [5, 5.41) is 8.50. The van der Waals surface area contributed by atoms with Gasteiger partial charge in [-0.2, -0.15) is 9.47 Å². The predicted molar refractivity (Wildman–Crippen MR) is 142 cm³/mol. The molecule has 0 aliphatic rings. The molecule has 8 heteroatoms. The van der Waals surface area contributed by atoms with E-state index in [1.165, 1.54) is 12.1 Å². The number of H-pyrrole nitrogens is 2. The zero-order valence-electron chi connectivity index (χ0n) is 18.7. The number of nitrogens with zero attached hydrogens (tertiary/aromatic N) is 2. The van der Waals surface area contributed by atoms with Crippen molar-refractivity contribution < 1.29 is 4.39 Å². The van der Waals surface area contributed by atoms with E-state index in [9.17, 15) is 9.18 Å². The number of halogens is 2. The molecule has 0 saturated heterocycles. The number of hydrogen-bond acceptors (Lipinski definition) is 4. The lowest BCUT2D eigenvalue weighted by atomic mass is 9.87. The van der Waals surface area contributed by atoms with Crippen LogP contribution in [-0.4, -0.2) is 19.6 Å². The number of hydrogen-bond donors (Lipinski definition) is 2. The summed E-state index contributed by atoms with van der Waals surface area (Å²) in [6.07, 6.45) is 6.16. The lowest BCUT2D eigenvalue weighted by Crippen LogP contribution is -1.96. The van der Waals surface area contributed by atoms with E-state index >= 15 is 0 Å². The lowest BCUT2D eigenvalue weighted by molar-refractivity contribution is 0.628. The molecule has 5 aromatic rings. The average Bonchev–Trinajstić information content (AvgIpc) is 3.50. The van der Waals surface area contributed by atoms with E-state index < -0.39 is 0 Å². The number of rotatable bonds is 6. The summed E-state index contributed by atoms with van der Waals surface area (Å²) in [6, 6.07) is 18.8. The molecule has 174 valence electrons. The van der Waals surface area contributed by atoms with Gasteiger partial charge in [0, 0.05) is 16.9 Å². The fourth-order valence-electron chi connectivity index (χ4n) is 4.10. The van der Waals surface area contributed by atoms with E-state index in [1.807, 2.05) is 36.4 Å². The number of aromatic amines is 2. The molecule has 3 aromatic carbocycles. The molecule has 2 heterocycles. The normalized spacial score (nSPS) is 12.4. The number of fused-ring (bicyclic) bond motifs is 1. The van der Waals surface area contributed by atoms with Crippen molar-refractivity contribution in [3.05, 3.63) is 115 Å². The zero-order valence-corrected chi connectivity index (χ0v) is 20.3. The Kier molecular flexibility index (Phi) is 6.44. The van der Waals surface area contributed by atoms with Gasteiger partial charge in [0.05, 0.1) is 16.7 Å². The van der Waals surface area contributed by atoms with Crippen LogP contribution in [-0.2, 0) is 0 Å². The molecule has 0 spiro atoms. The summed E-state index contributed by atoms with van der Waals surface area (Å²) in [5.74, 6) is 0.158. The number of allylic oxidation sites excluding steroid dienone is 1. The van der Waals surface area contributed by atoms with Crippen LogP contribution in [0.5, 0.6) is 0 Å². The molecule has 0 unspecified atom stereocenters. The van der Waals surface area contributed by atoms with Crippen LogP contribution >= 0.6 is 23.1 Å². The third-order valence-corrected chi connectivity index (χ3v) is 6.60. The summed E-state index contributed by atoms with van der Waals surface area (Å²) in [5.41, 5.74) is 6.76. The molecule has 0 atom stereocenters. The van der Waals surface area contributed by atoms with Crippen LogP contribution in [0.3, 0.4) is 0 Å². The second-order valence-electron chi connectivity index (χ2n) is 7.94. The molecule has 0 fully saturated rings. The largest absolute Gasteiger partial charge is 0.323 e. The average molecular weight is 503 g/mol. The van der Waals surface area contributed by atoms with Crippen molar-refractivity contribution >= 4 is 57.3 Å². The smallest absolute Gasteiger partial charge is 0.296 e. The van der Waals surface area contributed by atoms with Crippen LogP contribution in [0, 0.1) is 5.82 Å². The van der Waals surface area contributed by atoms with Gasteiger partial charge in [-0.3, -0.25) is 14.9 Å². The summed E-state index contributed by atoms with van der Waals surface area (Å²) in [7, 11) is 0. The van der Waals surface area contributed by atoms with Gasteiger partial charge in [0.1, 0.15) is 11.6 Å². The topological polar surface area (TPSA) is 74.4 Å². The van der Waals surface area contributed by atoms with Gasteiger partial charge in [-0.05, 0) is 70.2 Å². The van der Waals surface area contributed by atoms with E-state index in [0.29, 0.717) is 17.3 Å². The van der Waals surface area contributed by atoms with Crippen LogP contribution in [0.2, 0.25) is 5.02 Å². The first-order chi connectivity index (χ1) is 17.0. The van der Waals surface area contributed by atoms with Gasteiger partial charge >= 0.3 is 4.87 Å². The van der Waals surface area contributed by atoms with Crippen molar-refractivity contribution in [1.82, 2.24) is 19.6 Å². The molecule has 0 aliphatic carbocycles. The lowest BCUT2D eigenvalue weighted by Gasteiger charge is -2.18. The van der Waals surface area contributed by atoms with E-state index in [-0.39, 0.29) is 10.7 Å². The fourth-order valence-corrected chi connectivity index (χ4v) is 4.82. The summed E-state index contributed by atoms with van der Waals surface area (Å²) in [4.78, 5) is 13.8. The highest BCUT2D eigenvalue weighted by Gasteiger charge is 2.16. The van der Waals surface area contributed by atoms with Crippen molar-refractivity contribution in [3.63, 3.8) is 0 Å². The van der Waals surface area contributed by atoms with Gasteiger partial charge in [0.15, 0.2) is 0 Å². The van der Waals surface area contributed by atoms with E-state index in [4.69, 9.17) is 11.6 Å². The van der Waals surface area contributed by atoms with Gasteiger partial charge in [-0.1, -0.05) is 61.0 Å². The van der Waals surface area contributed by atoms with Crippen molar-refractivity contribution in [3.8, 4) is 0 Å². The summed E-state index contributed by atoms with van der Waals surface area (Å²) in [6.45, 7) is 2.07. The Morgan fingerprint density at radius 2 is 1.86 bits per heavy atom. The second-order valence-corrected chi connectivity index (χ2v) is 9.08. The Morgan fingerprint density at radius 3 is 2.57 bits per heavy atom. The van der Waals surface area contributed by atoms with Crippen LogP contribution in [0.1, 0.15) is 41.4 Å². The van der Waals surface area contributed by atoms with E-state index in [1.54, 1.807) is 18.3 Å². The first-order valence-corrected chi connectivity index (χ1v) is 12.1. The molecular formula is C27H20ClFN4OS. The Labute approximate surface area is 209 Å². The van der Waals surface area contributed by atoms with Crippen LogP contribution in [0.15, 0.2) is 71.7 Å². The van der Waals surface area contributed by atoms with Crippen molar-refractivity contribution in [2.24, 2.45) is 0 Å². The predicted octanol–water partition coefficient (Wildman–Crippen LogP) is 7.04. The van der Waals surface area contributed by atoms with Crippen molar-refractivity contribution in [2.75, 3.05) is 0 Å². The summed E-state index contributed by atoms with van der Waals surface area (Å²) < 4.78 is 17.9. The molecule has 0 radical (unpaired) electrons. The van der Waals surface area contributed by atoms with Crippen LogP contribution in [0.4, 0.5) is 4.39 Å². The van der Waals surface area contributed by atoms with Crippen LogP contribution < -0.4 is 4.87 Å². The van der Waals surface area contributed by atoms with Crippen LogP contribution in [0.25, 0.3) is 34.2 Å². The Bertz CT molecular complexity index is 1630. The molecule has 35 heavy (non-hydrogen) atoms. The molecule has 0 saturated carbocycles. The van der Waals surface area contributed by atoms with Gasteiger partial charge in [-0.25, -0.2) is 4.39 Å². The summed E-state index contributed by atoms with van der Waals surface area (Å²) >= 11 is 7.39. The van der Waals surface area contributed by atoms with Crippen molar-refractivity contribution in [1.29, 1.82) is 0 Å². The third-order valence-electron chi connectivity index (χ3n) is 5.73. The molecule has 0 aliphatic heterocycles. The highest BCUT2D eigenvalue weighted by molar-refractivity contribution is 7.02. The highest BCUT2D eigenvalue weighted by atomic mass is 35.5. The Morgan fingerprint density at radius 1 is 1.06 bits per heavy atom. The molecule has 0 amide bonds. The number of nitrogens with one attached hydrogen (secondary N) is 2. The van der Waals surface area contributed by atoms with Gasteiger partial charge in [0.25, 0.3) is 0 Å². The highest BCUT2D eigenvalue weighted by Crippen LogP contribution is 2.38. The Balaban J connectivity index is 1.63. The van der Waals surface area contributed by atoms with E-state index in [2.05, 4.69) is 38.6 Å². The number of aromatic nitrogens is 4. The minimum absolute atomic E-state index is 0.184. The minimum Gasteiger partial charge on any atom is -0.296 e. The molecule has 0 bridgehead atoms. The third kappa shape index (κ3) is 4.87. The monoisotopic (exact) mass is 502 g/mol. The maximum Gasteiger partial charge on any atom is 0.323 e.